The number of carbonyl (C=O) groups excluding carboxylic acids is 3. The van der Waals surface area contributed by atoms with Crippen molar-refractivity contribution in [3.63, 3.8) is 0 Å². The topological polar surface area (TPSA) is 69.7 Å². The van der Waals surface area contributed by atoms with Gasteiger partial charge in [0.2, 0.25) is 11.8 Å². The SMILES string of the molecule is CCCCN1C(=O)NC(=O)[C@@]2(Cc3cc(C)ccc3N(C)C2)C1=O. The molecule has 128 valence electrons. The van der Waals surface area contributed by atoms with Crippen LogP contribution in [0.1, 0.15) is 30.9 Å². The highest BCUT2D eigenvalue weighted by atomic mass is 16.2. The van der Waals surface area contributed by atoms with Gasteiger partial charge >= 0.3 is 6.03 Å². The van der Waals surface area contributed by atoms with Crippen LogP contribution in [0.5, 0.6) is 0 Å². The molecule has 6 heteroatoms. The Balaban J connectivity index is 2.00. The fourth-order valence-electron chi connectivity index (χ4n) is 3.65. The van der Waals surface area contributed by atoms with E-state index >= 15 is 0 Å². The lowest BCUT2D eigenvalue weighted by Crippen LogP contribution is -2.68. The maximum atomic E-state index is 13.1. The zero-order chi connectivity index (χ0) is 17.5. The number of urea groups is 1. The number of barbiturate groups is 1. The van der Waals surface area contributed by atoms with Gasteiger partial charge in [-0.3, -0.25) is 19.8 Å². The first-order valence-electron chi connectivity index (χ1n) is 8.37. The molecular weight excluding hydrogens is 306 g/mol. The minimum absolute atomic E-state index is 0.281. The molecule has 4 amide bonds. The number of amides is 4. The van der Waals surface area contributed by atoms with Gasteiger partial charge in [-0.15, -0.1) is 0 Å². The molecule has 0 saturated carbocycles. The lowest BCUT2D eigenvalue weighted by Gasteiger charge is -2.45. The van der Waals surface area contributed by atoms with Crippen LogP contribution in [0, 0.1) is 12.3 Å². The van der Waals surface area contributed by atoms with Gasteiger partial charge in [-0.05, 0) is 31.4 Å². The molecule has 24 heavy (non-hydrogen) atoms. The normalized spacial score (nSPS) is 23.5. The number of hydrogen-bond donors (Lipinski definition) is 1. The molecule has 1 aromatic rings. The summed E-state index contributed by atoms with van der Waals surface area (Å²) in [4.78, 5) is 41.0. The van der Waals surface area contributed by atoms with Crippen molar-refractivity contribution in [2.24, 2.45) is 5.41 Å². The quantitative estimate of drug-likeness (QED) is 0.859. The Morgan fingerprint density at radius 1 is 1.25 bits per heavy atom. The van der Waals surface area contributed by atoms with Crippen LogP contribution in [0.2, 0.25) is 0 Å². The fraction of sp³-hybridized carbons (Fsp3) is 0.500. The molecule has 1 aromatic carbocycles. The Morgan fingerprint density at radius 3 is 2.71 bits per heavy atom. The molecular formula is C18H23N3O3. The minimum atomic E-state index is -1.23. The van der Waals surface area contributed by atoms with E-state index in [0.29, 0.717) is 13.0 Å². The molecule has 1 spiro atoms. The van der Waals surface area contributed by atoms with Crippen molar-refractivity contribution in [2.75, 3.05) is 25.0 Å². The van der Waals surface area contributed by atoms with Crippen LogP contribution in [0.25, 0.3) is 0 Å². The Bertz CT molecular complexity index is 715. The summed E-state index contributed by atoms with van der Waals surface area (Å²) in [7, 11) is 1.88. The van der Waals surface area contributed by atoms with Crippen LogP contribution in [-0.4, -0.2) is 42.9 Å². The summed E-state index contributed by atoms with van der Waals surface area (Å²) >= 11 is 0. The maximum absolute atomic E-state index is 13.1. The molecule has 2 aliphatic rings. The molecule has 1 atom stereocenters. The predicted octanol–water partition coefficient (Wildman–Crippen LogP) is 1.85. The number of carbonyl (C=O) groups is 3. The summed E-state index contributed by atoms with van der Waals surface area (Å²) in [5, 5.41) is 2.40. The number of nitrogens with zero attached hydrogens (tertiary/aromatic N) is 2. The largest absolute Gasteiger partial charge is 0.373 e. The first-order valence-corrected chi connectivity index (χ1v) is 8.37. The van der Waals surface area contributed by atoms with Gasteiger partial charge in [0, 0.05) is 25.8 Å². The van der Waals surface area contributed by atoms with Gasteiger partial charge < -0.3 is 4.90 Å². The van der Waals surface area contributed by atoms with Crippen LogP contribution >= 0.6 is 0 Å². The molecule has 0 unspecified atom stereocenters. The second-order valence-corrected chi connectivity index (χ2v) is 6.82. The van der Waals surface area contributed by atoms with Crippen molar-refractivity contribution in [1.29, 1.82) is 0 Å². The Morgan fingerprint density at radius 2 is 2.00 bits per heavy atom. The number of nitrogens with one attached hydrogen (secondary N) is 1. The van der Waals surface area contributed by atoms with Gasteiger partial charge in [-0.25, -0.2) is 4.79 Å². The van der Waals surface area contributed by atoms with Crippen LogP contribution in [0.15, 0.2) is 18.2 Å². The van der Waals surface area contributed by atoms with E-state index < -0.39 is 17.4 Å². The van der Waals surface area contributed by atoms with Crippen LogP contribution in [0.4, 0.5) is 10.5 Å². The van der Waals surface area contributed by atoms with E-state index in [2.05, 4.69) is 5.32 Å². The van der Waals surface area contributed by atoms with Gasteiger partial charge in [0.15, 0.2) is 0 Å². The Labute approximate surface area is 141 Å². The highest BCUT2D eigenvalue weighted by molar-refractivity contribution is 6.20. The van der Waals surface area contributed by atoms with E-state index in [1.807, 2.05) is 44.0 Å². The Kier molecular flexibility index (Phi) is 4.07. The number of rotatable bonds is 3. The Hall–Kier alpha value is -2.37. The highest BCUT2D eigenvalue weighted by Crippen LogP contribution is 2.39. The predicted molar refractivity (Wildman–Crippen MR) is 90.7 cm³/mol. The molecule has 0 bridgehead atoms. The van der Waals surface area contributed by atoms with Crippen LogP contribution in [0.3, 0.4) is 0 Å². The summed E-state index contributed by atoms with van der Waals surface area (Å²) < 4.78 is 0. The average Bonchev–Trinajstić information content (AvgIpc) is 2.53. The number of hydrogen-bond acceptors (Lipinski definition) is 4. The van der Waals surface area contributed by atoms with Crippen molar-refractivity contribution in [1.82, 2.24) is 10.2 Å². The van der Waals surface area contributed by atoms with Gasteiger partial charge in [0.05, 0.1) is 0 Å². The molecule has 2 aliphatic heterocycles. The molecule has 1 fully saturated rings. The van der Waals surface area contributed by atoms with E-state index in [9.17, 15) is 14.4 Å². The van der Waals surface area contributed by atoms with Crippen molar-refractivity contribution in [3.05, 3.63) is 29.3 Å². The van der Waals surface area contributed by atoms with E-state index in [4.69, 9.17) is 0 Å². The van der Waals surface area contributed by atoms with Gasteiger partial charge in [-0.2, -0.15) is 0 Å². The lowest BCUT2D eigenvalue weighted by atomic mass is 9.74. The average molecular weight is 329 g/mol. The van der Waals surface area contributed by atoms with Crippen molar-refractivity contribution < 1.29 is 14.4 Å². The van der Waals surface area contributed by atoms with E-state index in [1.165, 1.54) is 4.90 Å². The summed E-state index contributed by atoms with van der Waals surface area (Å²) in [5.74, 6) is -0.854. The van der Waals surface area contributed by atoms with Gasteiger partial charge in [0.1, 0.15) is 5.41 Å². The third kappa shape index (κ3) is 2.46. The molecule has 0 aromatic heterocycles. The second-order valence-electron chi connectivity index (χ2n) is 6.82. The van der Waals surface area contributed by atoms with E-state index in [1.54, 1.807) is 0 Å². The molecule has 3 rings (SSSR count). The first-order chi connectivity index (χ1) is 11.4. The van der Waals surface area contributed by atoms with E-state index in [-0.39, 0.29) is 12.5 Å². The summed E-state index contributed by atoms with van der Waals surface area (Å²) in [5.41, 5.74) is 1.86. The molecule has 2 heterocycles. The minimum Gasteiger partial charge on any atom is -0.373 e. The van der Waals surface area contributed by atoms with Crippen LogP contribution in [-0.2, 0) is 16.0 Å². The number of benzene rings is 1. The molecule has 6 nitrogen and oxygen atoms in total. The third-order valence-corrected chi connectivity index (χ3v) is 4.94. The number of fused-ring (bicyclic) bond motifs is 1. The van der Waals surface area contributed by atoms with E-state index in [0.717, 1.165) is 29.7 Å². The smallest absolute Gasteiger partial charge is 0.330 e. The zero-order valence-electron chi connectivity index (χ0n) is 14.4. The summed E-state index contributed by atoms with van der Waals surface area (Å²) in [6, 6.07) is 5.46. The fourth-order valence-corrected chi connectivity index (χ4v) is 3.65. The van der Waals surface area contributed by atoms with Crippen molar-refractivity contribution in [3.8, 4) is 0 Å². The van der Waals surface area contributed by atoms with Crippen LogP contribution < -0.4 is 10.2 Å². The molecule has 1 saturated heterocycles. The molecule has 1 N–H and O–H groups in total. The van der Waals surface area contributed by atoms with Crippen molar-refractivity contribution >= 4 is 23.5 Å². The molecule has 0 radical (unpaired) electrons. The number of imide groups is 2. The second kappa shape index (κ2) is 5.92. The lowest BCUT2D eigenvalue weighted by molar-refractivity contribution is -0.151. The highest BCUT2D eigenvalue weighted by Gasteiger charge is 2.56. The van der Waals surface area contributed by atoms with Gasteiger partial charge in [0.25, 0.3) is 0 Å². The van der Waals surface area contributed by atoms with Crippen molar-refractivity contribution in [2.45, 2.75) is 33.1 Å². The van der Waals surface area contributed by atoms with Gasteiger partial charge in [-0.1, -0.05) is 31.0 Å². The summed E-state index contributed by atoms with van der Waals surface area (Å²) in [6.45, 7) is 4.62. The zero-order valence-corrected chi connectivity index (χ0v) is 14.4. The molecule has 0 aliphatic carbocycles. The number of unbranched alkanes of at least 4 members (excludes halogenated alkanes) is 1. The third-order valence-electron chi connectivity index (χ3n) is 4.94. The maximum Gasteiger partial charge on any atom is 0.330 e. The standard InChI is InChI=1S/C18H23N3O3/c1-4-5-8-21-16(23)18(15(22)19-17(21)24)10-13-9-12(2)6-7-14(13)20(3)11-18/h6-7,9H,4-5,8,10-11H2,1-3H3,(H,19,22,24)/t18-/m0/s1. The monoisotopic (exact) mass is 329 g/mol. The number of anilines is 1. The first kappa shape index (κ1) is 16.5. The summed E-state index contributed by atoms with van der Waals surface area (Å²) in [6.07, 6.45) is 1.93. The number of aryl methyl sites for hydroxylation is 1.